The molecule has 0 atom stereocenters. The summed E-state index contributed by atoms with van der Waals surface area (Å²) in [5.74, 6) is 0.333. The van der Waals surface area contributed by atoms with E-state index in [1.54, 1.807) is 25.3 Å². The Bertz CT molecular complexity index is 596. The number of anilines is 2. The molecule has 138 valence electrons. The Morgan fingerprint density at radius 2 is 1.84 bits per heavy atom. The van der Waals surface area contributed by atoms with Gasteiger partial charge in [-0.05, 0) is 38.1 Å². The quantitative estimate of drug-likeness (QED) is 0.775. The molecule has 1 fully saturated rings. The zero-order chi connectivity index (χ0) is 18.2. The van der Waals surface area contributed by atoms with Gasteiger partial charge < -0.3 is 15.4 Å². The van der Waals surface area contributed by atoms with Crippen LogP contribution < -0.4 is 15.4 Å². The number of benzene rings is 1. The highest BCUT2D eigenvalue weighted by Crippen LogP contribution is 2.28. The number of hydrogen-bond acceptors (Lipinski definition) is 4. The van der Waals surface area contributed by atoms with Gasteiger partial charge in [-0.15, -0.1) is 0 Å². The Kier molecular flexibility index (Phi) is 7.25. The summed E-state index contributed by atoms with van der Waals surface area (Å²) < 4.78 is 5.30. The fraction of sp³-hybridized carbons (Fsp3) is 0.579. The third-order valence-electron chi connectivity index (χ3n) is 4.63. The summed E-state index contributed by atoms with van der Waals surface area (Å²) in [6, 6.07) is 5.66. The molecule has 0 saturated heterocycles. The van der Waals surface area contributed by atoms with Crippen molar-refractivity contribution in [3.63, 3.8) is 0 Å². The topological polar surface area (TPSA) is 70.7 Å². The number of likely N-dealkylation sites (N-methyl/N-ethyl adjacent to an activating group) is 1. The van der Waals surface area contributed by atoms with Gasteiger partial charge in [0.15, 0.2) is 0 Å². The van der Waals surface area contributed by atoms with Crippen LogP contribution in [0.15, 0.2) is 18.2 Å². The lowest BCUT2D eigenvalue weighted by Gasteiger charge is -2.26. The van der Waals surface area contributed by atoms with Crippen LogP contribution in [0.5, 0.6) is 5.75 Å². The van der Waals surface area contributed by atoms with Crippen LogP contribution in [0.1, 0.15) is 45.4 Å². The summed E-state index contributed by atoms with van der Waals surface area (Å²) in [4.78, 5) is 25.8. The highest BCUT2D eigenvalue weighted by molar-refractivity contribution is 5.95. The smallest absolute Gasteiger partial charge is 0.238 e. The SMILES string of the molecule is COc1ccc(NC(C)=O)cc1NC(=O)CN(C)C1CCCCCC1. The second-order valence-corrected chi connectivity index (χ2v) is 6.70. The first kappa shape index (κ1) is 19.2. The van der Waals surface area contributed by atoms with Crippen LogP contribution in [0.3, 0.4) is 0 Å². The van der Waals surface area contributed by atoms with Gasteiger partial charge in [-0.1, -0.05) is 25.7 Å². The first-order valence-corrected chi connectivity index (χ1v) is 8.95. The van der Waals surface area contributed by atoms with Crippen molar-refractivity contribution in [2.24, 2.45) is 0 Å². The van der Waals surface area contributed by atoms with Crippen molar-refractivity contribution in [3.05, 3.63) is 18.2 Å². The average Bonchev–Trinajstić information content (AvgIpc) is 2.83. The molecule has 1 aliphatic rings. The van der Waals surface area contributed by atoms with Gasteiger partial charge in [-0.25, -0.2) is 0 Å². The van der Waals surface area contributed by atoms with Crippen molar-refractivity contribution in [3.8, 4) is 5.75 Å². The summed E-state index contributed by atoms with van der Waals surface area (Å²) in [6.45, 7) is 1.79. The van der Waals surface area contributed by atoms with Crippen LogP contribution in [0.2, 0.25) is 0 Å². The zero-order valence-corrected chi connectivity index (χ0v) is 15.4. The van der Waals surface area contributed by atoms with Crippen LogP contribution in [0, 0.1) is 0 Å². The van der Waals surface area contributed by atoms with Crippen LogP contribution in [0.25, 0.3) is 0 Å². The van der Waals surface area contributed by atoms with Crippen LogP contribution in [-0.2, 0) is 9.59 Å². The summed E-state index contributed by atoms with van der Waals surface area (Å²) in [6.07, 6.45) is 7.38. The molecule has 0 heterocycles. The molecule has 6 heteroatoms. The van der Waals surface area contributed by atoms with Crippen molar-refractivity contribution in [2.75, 3.05) is 31.3 Å². The average molecular weight is 347 g/mol. The van der Waals surface area contributed by atoms with Gasteiger partial charge in [0.25, 0.3) is 0 Å². The van der Waals surface area contributed by atoms with E-state index in [2.05, 4.69) is 15.5 Å². The van der Waals surface area contributed by atoms with E-state index in [-0.39, 0.29) is 11.8 Å². The molecular weight excluding hydrogens is 318 g/mol. The number of hydrogen-bond donors (Lipinski definition) is 2. The Morgan fingerprint density at radius 3 is 2.44 bits per heavy atom. The van der Waals surface area contributed by atoms with Crippen molar-refractivity contribution >= 4 is 23.2 Å². The number of carbonyl (C=O) groups excluding carboxylic acids is 2. The molecule has 1 aromatic rings. The fourth-order valence-electron chi connectivity index (χ4n) is 3.33. The molecule has 0 bridgehead atoms. The van der Waals surface area contributed by atoms with Gasteiger partial charge in [0.05, 0.1) is 19.3 Å². The molecule has 2 amide bonds. The number of rotatable bonds is 6. The normalized spacial score (nSPS) is 15.5. The molecule has 1 aromatic carbocycles. The maximum Gasteiger partial charge on any atom is 0.238 e. The molecule has 1 aliphatic carbocycles. The highest BCUT2D eigenvalue weighted by Gasteiger charge is 2.19. The molecule has 0 aromatic heterocycles. The molecule has 6 nitrogen and oxygen atoms in total. The summed E-state index contributed by atoms with van der Waals surface area (Å²) >= 11 is 0. The van der Waals surface area contributed by atoms with Gasteiger partial charge >= 0.3 is 0 Å². The Labute approximate surface area is 149 Å². The van der Waals surface area contributed by atoms with Gasteiger partial charge in [-0.3, -0.25) is 14.5 Å². The van der Waals surface area contributed by atoms with E-state index in [1.165, 1.54) is 32.6 Å². The molecule has 25 heavy (non-hydrogen) atoms. The first-order valence-electron chi connectivity index (χ1n) is 8.95. The lowest BCUT2D eigenvalue weighted by atomic mass is 10.1. The second-order valence-electron chi connectivity index (χ2n) is 6.70. The van der Waals surface area contributed by atoms with Crippen molar-refractivity contribution in [1.82, 2.24) is 4.90 Å². The van der Waals surface area contributed by atoms with E-state index >= 15 is 0 Å². The minimum absolute atomic E-state index is 0.0787. The summed E-state index contributed by atoms with van der Waals surface area (Å²) in [5, 5.41) is 5.62. The van der Waals surface area contributed by atoms with E-state index in [0.717, 1.165) is 12.8 Å². The number of ether oxygens (including phenoxy) is 1. The largest absolute Gasteiger partial charge is 0.495 e. The van der Waals surface area contributed by atoms with Crippen LogP contribution in [0.4, 0.5) is 11.4 Å². The molecule has 2 N–H and O–H groups in total. The lowest BCUT2D eigenvalue weighted by molar-refractivity contribution is -0.117. The van der Waals surface area contributed by atoms with Gasteiger partial charge in [0, 0.05) is 18.7 Å². The standard InChI is InChI=1S/C19H29N3O3/c1-14(23)20-15-10-11-18(25-3)17(12-15)21-19(24)13-22(2)16-8-6-4-5-7-9-16/h10-12,16H,4-9,13H2,1-3H3,(H,20,23)(H,21,24). The Balaban J connectivity index is 1.99. The van der Waals surface area contributed by atoms with E-state index in [9.17, 15) is 9.59 Å². The fourth-order valence-corrected chi connectivity index (χ4v) is 3.33. The maximum atomic E-state index is 12.5. The van der Waals surface area contributed by atoms with Crippen molar-refractivity contribution in [1.29, 1.82) is 0 Å². The van der Waals surface area contributed by atoms with E-state index in [4.69, 9.17) is 4.74 Å². The molecule has 0 unspecified atom stereocenters. The van der Waals surface area contributed by atoms with Crippen LogP contribution >= 0.6 is 0 Å². The molecule has 2 rings (SSSR count). The monoisotopic (exact) mass is 347 g/mol. The minimum Gasteiger partial charge on any atom is -0.495 e. The summed E-state index contributed by atoms with van der Waals surface area (Å²) in [7, 11) is 3.57. The first-order chi connectivity index (χ1) is 12.0. The predicted molar refractivity (Wildman–Crippen MR) is 100 cm³/mol. The Hall–Kier alpha value is -2.08. The number of amides is 2. The third kappa shape index (κ3) is 6.05. The number of nitrogens with one attached hydrogen (secondary N) is 2. The zero-order valence-electron chi connectivity index (χ0n) is 15.4. The summed E-state index contributed by atoms with van der Waals surface area (Å²) in [5.41, 5.74) is 1.19. The van der Waals surface area contributed by atoms with Gasteiger partial charge in [0.2, 0.25) is 11.8 Å². The minimum atomic E-state index is -0.157. The second kappa shape index (κ2) is 9.42. The Morgan fingerprint density at radius 1 is 1.16 bits per heavy atom. The number of carbonyl (C=O) groups is 2. The number of methoxy groups -OCH3 is 1. The van der Waals surface area contributed by atoms with Crippen LogP contribution in [-0.4, -0.2) is 43.5 Å². The highest BCUT2D eigenvalue weighted by atomic mass is 16.5. The molecule has 0 spiro atoms. The van der Waals surface area contributed by atoms with Gasteiger partial charge in [0.1, 0.15) is 5.75 Å². The maximum absolute atomic E-state index is 12.5. The molecule has 1 saturated carbocycles. The van der Waals surface area contributed by atoms with Crippen molar-refractivity contribution in [2.45, 2.75) is 51.5 Å². The molecular formula is C19H29N3O3. The van der Waals surface area contributed by atoms with Gasteiger partial charge in [-0.2, -0.15) is 0 Å². The predicted octanol–water partition coefficient (Wildman–Crippen LogP) is 3.25. The van der Waals surface area contributed by atoms with E-state index in [1.807, 2.05) is 7.05 Å². The van der Waals surface area contributed by atoms with Crippen molar-refractivity contribution < 1.29 is 14.3 Å². The van der Waals surface area contributed by atoms with E-state index < -0.39 is 0 Å². The number of nitrogens with zero attached hydrogens (tertiary/aromatic N) is 1. The van der Waals surface area contributed by atoms with E-state index in [0.29, 0.717) is 29.7 Å². The molecule has 0 aliphatic heterocycles. The third-order valence-corrected chi connectivity index (χ3v) is 4.63. The molecule has 0 radical (unpaired) electrons. The lowest BCUT2D eigenvalue weighted by Crippen LogP contribution is -2.37.